The predicted molar refractivity (Wildman–Crippen MR) is 127 cm³/mol. The average molecular weight is 476 g/mol. The summed E-state index contributed by atoms with van der Waals surface area (Å²) < 4.78 is 12.5. The van der Waals surface area contributed by atoms with Gasteiger partial charge < -0.3 is 20.1 Å². The van der Waals surface area contributed by atoms with Crippen molar-refractivity contribution in [2.75, 3.05) is 18.7 Å². The molecule has 3 heterocycles. The van der Waals surface area contributed by atoms with Crippen molar-refractivity contribution in [1.29, 1.82) is 0 Å². The van der Waals surface area contributed by atoms with Gasteiger partial charge in [-0.25, -0.2) is 9.48 Å². The summed E-state index contributed by atoms with van der Waals surface area (Å²) >= 11 is 0. The van der Waals surface area contributed by atoms with E-state index in [0.29, 0.717) is 28.4 Å². The molecule has 0 spiro atoms. The summed E-state index contributed by atoms with van der Waals surface area (Å²) in [4.78, 5) is 39.7. The molecular weight excluding hydrogens is 450 g/mol. The molecule has 2 N–H and O–H groups in total. The zero-order chi connectivity index (χ0) is 24.9. The van der Waals surface area contributed by atoms with Gasteiger partial charge in [0, 0.05) is 0 Å². The summed E-state index contributed by atoms with van der Waals surface area (Å²) in [7, 11) is 0. The Morgan fingerprint density at radius 2 is 1.80 bits per heavy atom. The highest BCUT2D eigenvalue weighted by molar-refractivity contribution is 6.10. The minimum atomic E-state index is -1.33. The molecule has 5 rings (SSSR count). The highest BCUT2D eigenvalue weighted by atomic mass is 16.7. The largest absolute Gasteiger partial charge is 0.454 e. The van der Waals surface area contributed by atoms with E-state index in [1.807, 2.05) is 38.1 Å². The van der Waals surface area contributed by atoms with Crippen LogP contribution in [0.15, 0.2) is 42.5 Å². The minimum Gasteiger partial charge on any atom is -0.454 e. The van der Waals surface area contributed by atoms with Crippen molar-refractivity contribution in [1.82, 2.24) is 20.0 Å². The van der Waals surface area contributed by atoms with E-state index in [4.69, 9.17) is 9.47 Å². The summed E-state index contributed by atoms with van der Waals surface area (Å²) in [5.74, 6) is 0.0409. The third-order valence-corrected chi connectivity index (χ3v) is 6.36. The standard InChI is InChI=1S/C25H25N5O5/c1-14-5-8-18(9-6-14)30-16(3)22(15(2)28-30)26-21(31)12-29-23(32)25(4,27-24(29)33)17-7-10-19-20(11-17)35-13-34-19/h5-11H,12-13H2,1-4H3,(H,26,31)(H,27,33). The van der Waals surface area contributed by atoms with Crippen molar-refractivity contribution >= 4 is 23.5 Å². The molecule has 35 heavy (non-hydrogen) atoms. The van der Waals surface area contributed by atoms with Gasteiger partial charge in [-0.3, -0.25) is 14.5 Å². The van der Waals surface area contributed by atoms with Crippen LogP contribution in [0.5, 0.6) is 11.5 Å². The molecular formula is C25H25N5O5. The smallest absolute Gasteiger partial charge is 0.325 e. The van der Waals surface area contributed by atoms with E-state index < -0.39 is 29.9 Å². The van der Waals surface area contributed by atoms with Crippen LogP contribution in [0.1, 0.15) is 29.4 Å². The fraction of sp³-hybridized carbons (Fsp3) is 0.280. The van der Waals surface area contributed by atoms with Crippen molar-refractivity contribution < 1.29 is 23.9 Å². The number of hydrogen-bond acceptors (Lipinski definition) is 6. The average Bonchev–Trinajstić information content (AvgIpc) is 3.47. The fourth-order valence-electron chi connectivity index (χ4n) is 4.33. The Hall–Kier alpha value is -4.34. The van der Waals surface area contributed by atoms with Crippen LogP contribution in [0, 0.1) is 20.8 Å². The lowest BCUT2D eigenvalue weighted by atomic mass is 9.91. The monoisotopic (exact) mass is 475 g/mol. The van der Waals surface area contributed by atoms with Crippen molar-refractivity contribution in [2.45, 2.75) is 33.2 Å². The lowest BCUT2D eigenvalue weighted by molar-refractivity contribution is -0.133. The van der Waals surface area contributed by atoms with Gasteiger partial charge >= 0.3 is 6.03 Å². The topological polar surface area (TPSA) is 115 Å². The molecule has 10 nitrogen and oxygen atoms in total. The Morgan fingerprint density at radius 3 is 2.54 bits per heavy atom. The van der Waals surface area contributed by atoms with Gasteiger partial charge in [0.15, 0.2) is 11.5 Å². The molecule has 0 aliphatic carbocycles. The van der Waals surface area contributed by atoms with Crippen LogP contribution in [-0.2, 0) is 15.1 Å². The number of carbonyl (C=O) groups excluding carboxylic acids is 3. The Morgan fingerprint density at radius 1 is 1.09 bits per heavy atom. The fourth-order valence-corrected chi connectivity index (χ4v) is 4.33. The number of benzene rings is 2. The number of aryl methyl sites for hydroxylation is 2. The van der Waals surface area contributed by atoms with Gasteiger partial charge in [0.2, 0.25) is 12.7 Å². The maximum absolute atomic E-state index is 13.3. The second-order valence-electron chi connectivity index (χ2n) is 8.86. The first kappa shape index (κ1) is 22.5. The van der Waals surface area contributed by atoms with Gasteiger partial charge in [0.1, 0.15) is 12.1 Å². The van der Waals surface area contributed by atoms with Crippen molar-refractivity contribution in [3.05, 3.63) is 65.0 Å². The number of rotatable bonds is 5. The zero-order valence-electron chi connectivity index (χ0n) is 19.8. The number of urea groups is 1. The second-order valence-corrected chi connectivity index (χ2v) is 8.86. The number of anilines is 1. The van der Waals surface area contributed by atoms with Gasteiger partial charge in [-0.1, -0.05) is 23.8 Å². The number of imide groups is 1. The number of nitrogens with one attached hydrogen (secondary N) is 2. The molecule has 3 aromatic rings. The summed E-state index contributed by atoms with van der Waals surface area (Å²) in [6.07, 6.45) is 0. The van der Waals surface area contributed by atoms with Crippen molar-refractivity contribution in [3.8, 4) is 17.2 Å². The van der Waals surface area contributed by atoms with Gasteiger partial charge in [-0.2, -0.15) is 5.10 Å². The molecule has 180 valence electrons. The number of ether oxygens (including phenoxy) is 2. The third-order valence-electron chi connectivity index (χ3n) is 6.36. The number of hydrogen-bond donors (Lipinski definition) is 2. The first-order valence-corrected chi connectivity index (χ1v) is 11.1. The molecule has 4 amide bonds. The molecule has 10 heteroatoms. The third kappa shape index (κ3) is 3.76. The highest BCUT2D eigenvalue weighted by Gasteiger charge is 2.50. The van der Waals surface area contributed by atoms with Crippen LogP contribution in [0.4, 0.5) is 10.5 Å². The highest BCUT2D eigenvalue weighted by Crippen LogP contribution is 2.37. The number of carbonyl (C=O) groups is 3. The summed E-state index contributed by atoms with van der Waals surface area (Å²) in [6.45, 7) is 6.91. The van der Waals surface area contributed by atoms with Gasteiger partial charge in [-0.05, 0) is 57.5 Å². The van der Waals surface area contributed by atoms with Crippen LogP contribution in [0.2, 0.25) is 0 Å². The van der Waals surface area contributed by atoms with Gasteiger partial charge in [-0.15, -0.1) is 0 Å². The Kier molecular flexibility index (Phi) is 5.23. The Bertz CT molecular complexity index is 1360. The maximum atomic E-state index is 13.3. The number of nitrogens with zero attached hydrogens (tertiary/aromatic N) is 3. The molecule has 2 aliphatic heterocycles. The van der Waals surface area contributed by atoms with Crippen LogP contribution < -0.4 is 20.1 Å². The van der Waals surface area contributed by atoms with E-state index in [0.717, 1.165) is 21.8 Å². The molecule has 0 saturated carbocycles. The molecule has 1 unspecified atom stereocenters. The summed E-state index contributed by atoms with van der Waals surface area (Å²) in [5.41, 5.74) is 3.10. The van der Waals surface area contributed by atoms with Crippen LogP contribution >= 0.6 is 0 Å². The molecule has 1 saturated heterocycles. The Balaban J connectivity index is 1.33. The minimum absolute atomic E-state index is 0.0986. The molecule has 2 aliphatic rings. The van der Waals surface area contributed by atoms with E-state index in [2.05, 4.69) is 15.7 Å². The molecule has 1 fully saturated rings. The van der Waals surface area contributed by atoms with E-state index in [-0.39, 0.29) is 6.79 Å². The van der Waals surface area contributed by atoms with Crippen LogP contribution in [-0.4, -0.2) is 45.9 Å². The molecule has 2 aromatic carbocycles. The van der Waals surface area contributed by atoms with Gasteiger partial charge in [0.05, 0.1) is 22.8 Å². The van der Waals surface area contributed by atoms with E-state index in [1.54, 1.807) is 36.7 Å². The predicted octanol–water partition coefficient (Wildman–Crippen LogP) is 2.93. The Labute approximate surface area is 201 Å². The summed E-state index contributed by atoms with van der Waals surface area (Å²) in [6, 6.07) is 12.3. The quantitative estimate of drug-likeness (QED) is 0.549. The van der Waals surface area contributed by atoms with E-state index in [9.17, 15) is 14.4 Å². The second kappa shape index (κ2) is 8.15. The lowest BCUT2D eigenvalue weighted by Crippen LogP contribution is -2.42. The van der Waals surface area contributed by atoms with Crippen molar-refractivity contribution in [3.63, 3.8) is 0 Å². The first-order chi connectivity index (χ1) is 16.7. The number of amides is 4. The zero-order valence-corrected chi connectivity index (χ0v) is 19.8. The number of fused-ring (bicyclic) bond motifs is 1. The first-order valence-electron chi connectivity index (χ1n) is 11.1. The van der Waals surface area contributed by atoms with Crippen LogP contribution in [0.3, 0.4) is 0 Å². The number of aromatic nitrogens is 2. The molecule has 1 aromatic heterocycles. The SMILES string of the molecule is Cc1ccc(-n2nc(C)c(NC(=O)CN3C(=O)NC(C)(c4ccc5c(c4)OCO5)C3=O)c2C)cc1. The van der Waals surface area contributed by atoms with Crippen LogP contribution in [0.25, 0.3) is 5.69 Å². The molecule has 1 atom stereocenters. The normalized spacial score (nSPS) is 18.7. The van der Waals surface area contributed by atoms with E-state index >= 15 is 0 Å². The summed E-state index contributed by atoms with van der Waals surface area (Å²) in [5, 5.41) is 10.1. The van der Waals surface area contributed by atoms with E-state index in [1.165, 1.54) is 0 Å². The molecule has 0 bridgehead atoms. The maximum Gasteiger partial charge on any atom is 0.325 e. The molecule has 0 radical (unpaired) electrons. The lowest BCUT2D eigenvalue weighted by Gasteiger charge is -2.22. The van der Waals surface area contributed by atoms with Crippen molar-refractivity contribution in [2.24, 2.45) is 0 Å². The van der Waals surface area contributed by atoms with Gasteiger partial charge in [0.25, 0.3) is 5.91 Å².